The molecule has 3 N–H and O–H groups in total. The van der Waals surface area contributed by atoms with Crippen LogP contribution in [0.15, 0.2) is 24.3 Å². The minimum atomic E-state index is -0.0810. The van der Waals surface area contributed by atoms with Gasteiger partial charge in [0.15, 0.2) is 0 Å². The second kappa shape index (κ2) is 6.40. The lowest BCUT2D eigenvalue weighted by Gasteiger charge is -2.11. The molecule has 1 aromatic rings. The van der Waals surface area contributed by atoms with Crippen molar-refractivity contribution in [2.45, 2.75) is 19.9 Å². The van der Waals surface area contributed by atoms with Gasteiger partial charge in [-0.25, -0.2) is 4.79 Å². The molecule has 1 saturated heterocycles. The number of amides is 2. The van der Waals surface area contributed by atoms with Crippen LogP contribution in [0.4, 0.5) is 4.79 Å². The summed E-state index contributed by atoms with van der Waals surface area (Å²) in [6.07, 6.45) is 1.15. The molecule has 2 rings (SSSR count). The number of benzene rings is 1. The molecule has 0 aromatic heterocycles. The Bertz CT molecular complexity index is 383. The molecule has 1 aromatic carbocycles. The Morgan fingerprint density at radius 3 is 2.78 bits per heavy atom. The second-order valence-electron chi connectivity index (χ2n) is 4.91. The average Bonchev–Trinajstić information content (AvgIpc) is 2.89. The molecule has 1 aliphatic heterocycles. The molecule has 2 amide bonds. The van der Waals surface area contributed by atoms with Gasteiger partial charge in [-0.15, -0.1) is 0 Å². The number of carbonyl (C=O) groups excluding carboxylic acids is 1. The Hall–Kier alpha value is -1.55. The Morgan fingerprint density at radius 2 is 2.11 bits per heavy atom. The van der Waals surface area contributed by atoms with E-state index in [4.69, 9.17) is 0 Å². The zero-order chi connectivity index (χ0) is 12.8. The SMILES string of the molecule is Cc1ccc(CNC(=O)NCC2CCNC2)cc1. The molecule has 1 fully saturated rings. The van der Waals surface area contributed by atoms with Crippen LogP contribution in [0.1, 0.15) is 17.5 Å². The summed E-state index contributed by atoms with van der Waals surface area (Å²) in [6, 6.07) is 8.10. The predicted octanol–water partition coefficient (Wildman–Crippen LogP) is 1.40. The van der Waals surface area contributed by atoms with Gasteiger partial charge in [-0.3, -0.25) is 0 Å². The van der Waals surface area contributed by atoms with Crippen molar-refractivity contribution in [3.05, 3.63) is 35.4 Å². The van der Waals surface area contributed by atoms with E-state index >= 15 is 0 Å². The van der Waals surface area contributed by atoms with Crippen molar-refractivity contribution in [3.8, 4) is 0 Å². The van der Waals surface area contributed by atoms with Gasteiger partial charge >= 0.3 is 6.03 Å². The predicted molar refractivity (Wildman–Crippen MR) is 72.4 cm³/mol. The molecule has 1 aliphatic rings. The summed E-state index contributed by atoms with van der Waals surface area (Å²) in [7, 11) is 0. The van der Waals surface area contributed by atoms with Crippen molar-refractivity contribution in [1.82, 2.24) is 16.0 Å². The van der Waals surface area contributed by atoms with Gasteiger partial charge in [0.25, 0.3) is 0 Å². The van der Waals surface area contributed by atoms with Crippen molar-refractivity contribution < 1.29 is 4.79 Å². The summed E-state index contributed by atoms with van der Waals surface area (Å²) in [5.41, 5.74) is 2.36. The number of nitrogens with one attached hydrogen (secondary N) is 3. The fraction of sp³-hybridized carbons (Fsp3) is 0.500. The first-order chi connectivity index (χ1) is 8.74. The third kappa shape index (κ3) is 4.04. The fourth-order valence-corrected chi connectivity index (χ4v) is 2.08. The molecule has 1 atom stereocenters. The molecule has 0 spiro atoms. The van der Waals surface area contributed by atoms with Gasteiger partial charge in [-0.05, 0) is 37.9 Å². The van der Waals surface area contributed by atoms with Gasteiger partial charge in [-0.1, -0.05) is 29.8 Å². The maximum absolute atomic E-state index is 11.6. The largest absolute Gasteiger partial charge is 0.338 e. The van der Waals surface area contributed by atoms with E-state index in [0.717, 1.165) is 31.6 Å². The lowest BCUT2D eigenvalue weighted by molar-refractivity contribution is 0.239. The van der Waals surface area contributed by atoms with E-state index in [1.807, 2.05) is 12.1 Å². The minimum absolute atomic E-state index is 0.0810. The van der Waals surface area contributed by atoms with E-state index in [9.17, 15) is 4.79 Å². The second-order valence-corrected chi connectivity index (χ2v) is 4.91. The first-order valence-corrected chi connectivity index (χ1v) is 6.52. The maximum atomic E-state index is 11.6. The van der Waals surface area contributed by atoms with E-state index in [-0.39, 0.29) is 6.03 Å². The normalized spacial score (nSPS) is 18.6. The summed E-state index contributed by atoms with van der Waals surface area (Å²) < 4.78 is 0. The molecule has 0 aliphatic carbocycles. The number of hydrogen-bond acceptors (Lipinski definition) is 2. The maximum Gasteiger partial charge on any atom is 0.315 e. The lowest BCUT2D eigenvalue weighted by Crippen LogP contribution is -2.38. The summed E-state index contributed by atoms with van der Waals surface area (Å²) in [6.45, 7) is 5.47. The highest BCUT2D eigenvalue weighted by atomic mass is 16.2. The Kier molecular flexibility index (Phi) is 4.59. The van der Waals surface area contributed by atoms with Gasteiger partial charge < -0.3 is 16.0 Å². The molecular formula is C14H21N3O. The fourth-order valence-electron chi connectivity index (χ4n) is 2.08. The zero-order valence-corrected chi connectivity index (χ0v) is 10.8. The van der Waals surface area contributed by atoms with Gasteiger partial charge in [-0.2, -0.15) is 0 Å². The van der Waals surface area contributed by atoms with Crippen molar-refractivity contribution in [3.63, 3.8) is 0 Å². The standard InChI is InChI=1S/C14H21N3O/c1-11-2-4-12(5-3-11)9-16-14(18)17-10-13-6-7-15-8-13/h2-5,13,15H,6-10H2,1H3,(H2,16,17,18). The Labute approximate surface area is 108 Å². The molecule has 0 saturated carbocycles. The van der Waals surface area contributed by atoms with Crippen molar-refractivity contribution in [1.29, 1.82) is 0 Å². The topological polar surface area (TPSA) is 53.2 Å². The van der Waals surface area contributed by atoms with Crippen molar-refractivity contribution in [2.24, 2.45) is 5.92 Å². The number of urea groups is 1. The first kappa shape index (κ1) is 12.9. The molecule has 0 bridgehead atoms. The monoisotopic (exact) mass is 247 g/mol. The summed E-state index contributed by atoms with van der Waals surface area (Å²) in [5.74, 6) is 0.579. The Balaban J connectivity index is 1.66. The quantitative estimate of drug-likeness (QED) is 0.753. The van der Waals surface area contributed by atoms with Crippen LogP contribution in [0.25, 0.3) is 0 Å². The van der Waals surface area contributed by atoms with Crippen LogP contribution in [0.2, 0.25) is 0 Å². The zero-order valence-electron chi connectivity index (χ0n) is 10.8. The highest BCUT2D eigenvalue weighted by Crippen LogP contribution is 2.05. The number of aryl methyl sites for hydroxylation is 1. The van der Waals surface area contributed by atoms with Crippen molar-refractivity contribution >= 4 is 6.03 Å². The smallest absolute Gasteiger partial charge is 0.315 e. The summed E-state index contributed by atoms with van der Waals surface area (Å²) >= 11 is 0. The van der Waals surface area contributed by atoms with Gasteiger partial charge in [0.2, 0.25) is 0 Å². The first-order valence-electron chi connectivity index (χ1n) is 6.52. The van der Waals surface area contributed by atoms with E-state index in [1.165, 1.54) is 5.56 Å². The van der Waals surface area contributed by atoms with Crippen LogP contribution in [0.5, 0.6) is 0 Å². The van der Waals surface area contributed by atoms with Gasteiger partial charge in [0, 0.05) is 13.1 Å². The molecule has 0 radical (unpaired) electrons. The summed E-state index contributed by atoms with van der Waals surface area (Å²) in [4.78, 5) is 11.6. The molecule has 1 heterocycles. The number of carbonyl (C=O) groups is 1. The van der Waals surface area contributed by atoms with E-state index < -0.39 is 0 Å². The molecule has 1 unspecified atom stereocenters. The van der Waals surface area contributed by atoms with Crippen LogP contribution in [0, 0.1) is 12.8 Å². The van der Waals surface area contributed by atoms with Crippen LogP contribution < -0.4 is 16.0 Å². The van der Waals surface area contributed by atoms with Crippen molar-refractivity contribution in [2.75, 3.05) is 19.6 Å². The molecule has 4 nitrogen and oxygen atoms in total. The van der Waals surface area contributed by atoms with Gasteiger partial charge in [0.1, 0.15) is 0 Å². The van der Waals surface area contributed by atoms with E-state index in [0.29, 0.717) is 12.5 Å². The third-order valence-electron chi connectivity index (χ3n) is 3.29. The highest BCUT2D eigenvalue weighted by molar-refractivity contribution is 5.73. The molecular weight excluding hydrogens is 226 g/mol. The van der Waals surface area contributed by atoms with E-state index in [1.54, 1.807) is 0 Å². The van der Waals surface area contributed by atoms with Gasteiger partial charge in [0.05, 0.1) is 0 Å². The third-order valence-corrected chi connectivity index (χ3v) is 3.29. The number of rotatable bonds is 4. The molecule has 4 heteroatoms. The summed E-state index contributed by atoms with van der Waals surface area (Å²) in [5, 5.41) is 9.08. The van der Waals surface area contributed by atoms with E-state index in [2.05, 4.69) is 35.0 Å². The van der Waals surface area contributed by atoms with Crippen LogP contribution in [-0.4, -0.2) is 25.7 Å². The van der Waals surface area contributed by atoms with Crippen LogP contribution in [0.3, 0.4) is 0 Å². The van der Waals surface area contributed by atoms with Crippen LogP contribution in [-0.2, 0) is 6.54 Å². The lowest BCUT2D eigenvalue weighted by atomic mass is 10.1. The average molecular weight is 247 g/mol. The highest BCUT2D eigenvalue weighted by Gasteiger charge is 2.14. The van der Waals surface area contributed by atoms with Crippen LogP contribution >= 0.6 is 0 Å². The minimum Gasteiger partial charge on any atom is -0.338 e. The molecule has 18 heavy (non-hydrogen) atoms. The Morgan fingerprint density at radius 1 is 1.33 bits per heavy atom. The molecule has 98 valence electrons. The number of hydrogen-bond donors (Lipinski definition) is 3.